The number of amides is 1. The van der Waals surface area contributed by atoms with Gasteiger partial charge in [0.05, 0.1) is 5.92 Å². The molecule has 0 aromatic heterocycles. The van der Waals surface area contributed by atoms with Gasteiger partial charge in [-0.3, -0.25) is 14.5 Å². The monoisotopic (exact) mass is 504 g/mol. The van der Waals surface area contributed by atoms with Gasteiger partial charge in [-0.05, 0) is 42.0 Å². The quantitative estimate of drug-likeness (QED) is 0.512. The third-order valence-corrected chi connectivity index (χ3v) is 8.98. The summed E-state index contributed by atoms with van der Waals surface area (Å²) in [6.45, 7) is 0.133. The topological polar surface area (TPSA) is 67.9 Å². The zero-order valence-corrected chi connectivity index (χ0v) is 20.1. The maximum Gasteiger partial charge on any atom is 0.250 e. The molecule has 4 aliphatic heterocycles. The Kier molecular flexibility index (Phi) is 4.72. The van der Waals surface area contributed by atoms with Crippen LogP contribution in [0.5, 0.6) is 11.5 Å². The fourth-order valence-corrected chi connectivity index (χ4v) is 7.82. The van der Waals surface area contributed by atoms with E-state index in [0.717, 1.165) is 16.9 Å². The molecule has 176 valence electrons. The number of fused-ring (bicyclic) bond motifs is 5. The van der Waals surface area contributed by atoms with Gasteiger partial charge >= 0.3 is 0 Å². The summed E-state index contributed by atoms with van der Waals surface area (Å²) < 4.78 is 11.0. The lowest BCUT2D eigenvalue weighted by Gasteiger charge is -2.36. The molecule has 4 heterocycles. The van der Waals surface area contributed by atoms with E-state index in [9.17, 15) is 9.59 Å². The van der Waals surface area contributed by atoms with Gasteiger partial charge in [-0.2, -0.15) is 0 Å². The fourth-order valence-electron chi connectivity index (χ4n) is 6.33. The summed E-state index contributed by atoms with van der Waals surface area (Å²) in [5.41, 5.74) is 1.91. The smallest absolute Gasteiger partial charge is 0.250 e. The van der Waals surface area contributed by atoms with Crippen LogP contribution in [-0.4, -0.2) is 41.1 Å². The second-order valence-electron chi connectivity index (χ2n) is 9.29. The summed E-state index contributed by atoms with van der Waals surface area (Å²) in [5.74, 6) is 1.62. The van der Waals surface area contributed by atoms with E-state index in [1.807, 2.05) is 30.3 Å². The number of ketones is 1. The molecule has 35 heavy (non-hydrogen) atoms. The van der Waals surface area contributed by atoms with E-state index < -0.39 is 11.5 Å². The molecule has 4 aliphatic rings. The second kappa shape index (κ2) is 7.75. The van der Waals surface area contributed by atoms with E-state index in [0.29, 0.717) is 33.6 Å². The Morgan fingerprint density at radius 1 is 1.06 bits per heavy atom. The SMILES string of the molecule is O=C(c1ccc2c(c1)OCO2)[C@H]1[C@@H](c2ccccc2)[C@H]2CSCN2[C@@]12C(=O)Nc1ccc(Cl)cc12. The highest BCUT2D eigenvalue weighted by atomic mass is 35.5. The number of ether oxygens (including phenoxy) is 2. The minimum Gasteiger partial charge on any atom is -0.454 e. The number of carbonyl (C=O) groups excluding carboxylic acids is 2. The number of hydrogen-bond acceptors (Lipinski definition) is 6. The standard InChI is InChI=1S/C27H21ClN2O4S/c28-17-7-8-19-18(11-17)27(26(32)29-19)24(25(31)16-6-9-21-22(10-16)34-14-33-21)23(15-4-2-1-3-5-15)20-12-35-13-30(20)27/h1-11,20,23-24H,12-14H2,(H,29,32)/t20-,23+,24-,27-/m1/s1. The number of rotatable bonds is 3. The Morgan fingerprint density at radius 3 is 2.74 bits per heavy atom. The molecule has 7 rings (SSSR count). The molecule has 2 saturated heterocycles. The van der Waals surface area contributed by atoms with Crippen molar-refractivity contribution in [2.75, 3.05) is 23.7 Å². The van der Waals surface area contributed by atoms with Crippen molar-refractivity contribution < 1.29 is 19.1 Å². The van der Waals surface area contributed by atoms with E-state index in [-0.39, 0.29) is 30.4 Å². The van der Waals surface area contributed by atoms with E-state index in [2.05, 4.69) is 22.3 Å². The van der Waals surface area contributed by atoms with Crippen molar-refractivity contribution in [1.82, 2.24) is 4.90 Å². The summed E-state index contributed by atoms with van der Waals surface area (Å²) in [4.78, 5) is 30.8. The summed E-state index contributed by atoms with van der Waals surface area (Å²) in [7, 11) is 0. The Balaban J connectivity index is 1.47. The number of benzene rings is 3. The van der Waals surface area contributed by atoms with Crippen LogP contribution in [0.25, 0.3) is 0 Å². The fraction of sp³-hybridized carbons (Fsp3) is 0.259. The lowest BCUT2D eigenvalue weighted by atomic mass is 9.69. The third kappa shape index (κ3) is 2.89. The van der Waals surface area contributed by atoms with Gasteiger partial charge in [0.2, 0.25) is 12.7 Å². The number of thioether (sulfide) groups is 1. The van der Waals surface area contributed by atoms with Gasteiger partial charge in [0.1, 0.15) is 5.54 Å². The van der Waals surface area contributed by atoms with Crippen molar-refractivity contribution in [2.24, 2.45) is 5.92 Å². The molecule has 6 nitrogen and oxygen atoms in total. The summed E-state index contributed by atoms with van der Waals surface area (Å²) in [5, 5.41) is 3.62. The van der Waals surface area contributed by atoms with Crippen LogP contribution in [0.4, 0.5) is 5.69 Å². The van der Waals surface area contributed by atoms with Crippen LogP contribution in [0.15, 0.2) is 66.7 Å². The van der Waals surface area contributed by atoms with Crippen molar-refractivity contribution in [2.45, 2.75) is 17.5 Å². The summed E-state index contributed by atoms with van der Waals surface area (Å²) in [6, 6.07) is 20.9. The van der Waals surface area contributed by atoms with Gasteiger partial charge in [0.15, 0.2) is 17.3 Å². The highest BCUT2D eigenvalue weighted by Gasteiger charge is 2.69. The molecular formula is C27H21ClN2O4S. The largest absolute Gasteiger partial charge is 0.454 e. The minimum absolute atomic E-state index is 0.0287. The average molecular weight is 505 g/mol. The number of nitrogens with one attached hydrogen (secondary N) is 1. The Labute approximate surface area is 211 Å². The van der Waals surface area contributed by atoms with E-state index in [4.69, 9.17) is 21.1 Å². The predicted molar refractivity (Wildman–Crippen MR) is 134 cm³/mol. The van der Waals surface area contributed by atoms with E-state index in [1.165, 1.54) is 0 Å². The Bertz CT molecular complexity index is 1380. The Hall–Kier alpha value is -3.00. The van der Waals surface area contributed by atoms with Crippen LogP contribution in [-0.2, 0) is 10.3 Å². The van der Waals surface area contributed by atoms with Gasteiger partial charge < -0.3 is 14.8 Å². The molecule has 0 saturated carbocycles. The molecular weight excluding hydrogens is 484 g/mol. The number of halogens is 1. The number of hydrogen-bond donors (Lipinski definition) is 1. The van der Waals surface area contributed by atoms with Crippen molar-refractivity contribution in [3.05, 3.63) is 88.4 Å². The molecule has 4 atom stereocenters. The number of Topliss-reactive ketones (excluding diaryl/α,β-unsaturated/α-hetero) is 1. The van der Waals surface area contributed by atoms with Gasteiger partial charge in [0.25, 0.3) is 0 Å². The van der Waals surface area contributed by atoms with E-state index >= 15 is 0 Å². The van der Waals surface area contributed by atoms with Crippen LogP contribution in [0.1, 0.15) is 27.4 Å². The van der Waals surface area contributed by atoms with Crippen LogP contribution >= 0.6 is 23.4 Å². The Morgan fingerprint density at radius 2 is 1.89 bits per heavy atom. The summed E-state index contributed by atoms with van der Waals surface area (Å²) in [6.07, 6.45) is 0. The van der Waals surface area contributed by atoms with E-state index in [1.54, 1.807) is 36.0 Å². The lowest BCUT2D eigenvalue weighted by Crippen LogP contribution is -2.52. The van der Waals surface area contributed by atoms with Crippen molar-refractivity contribution in [3.8, 4) is 11.5 Å². The third-order valence-electron chi connectivity index (χ3n) is 7.71. The first-order chi connectivity index (χ1) is 17.1. The molecule has 1 amide bonds. The van der Waals surface area contributed by atoms with Crippen molar-refractivity contribution in [1.29, 1.82) is 0 Å². The molecule has 0 aliphatic carbocycles. The normalized spacial score (nSPS) is 28.3. The molecule has 8 heteroatoms. The number of anilines is 1. The molecule has 0 radical (unpaired) electrons. The highest BCUT2D eigenvalue weighted by molar-refractivity contribution is 7.99. The van der Waals surface area contributed by atoms with Gasteiger partial charge in [-0.1, -0.05) is 41.9 Å². The molecule has 0 bridgehead atoms. The first kappa shape index (κ1) is 21.3. The highest BCUT2D eigenvalue weighted by Crippen LogP contribution is 2.61. The van der Waals surface area contributed by atoms with Gasteiger partial charge in [-0.25, -0.2) is 0 Å². The predicted octanol–water partition coefficient (Wildman–Crippen LogP) is 4.89. The second-order valence-corrected chi connectivity index (χ2v) is 10.7. The first-order valence-electron chi connectivity index (χ1n) is 11.5. The maximum atomic E-state index is 14.5. The van der Waals surface area contributed by atoms with Crippen LogP contribution in [0.2, 0.25) is 5.02 Å². The minimum atomic E-state index is -1.15. The molecule has 1 spiro atoms. The zero-order chi connectivity index (χ0) is 23.7. The van der Waals surface area contributed by atoms with Crippen LogP contribution < -0.4 is 14.8 Å². The van der Waals surface area contributed by atoms with Crippen LogP contribution in [0.3, 0.4) is 0 Å². The first-order valence-corrected chi connectivity index (χ1v) is 13.1. The molecule has 3 aromatic rings. The van der Waals surface area contributed by atoms with Gasteiger partial charge in [-0.15, -0.1) is 11.8 Å². The molecule has 2 fully saturated rings. The number of nitrogens with zero attached hydrogens (tertiary/aromatic N) is 1. The van der Waals surface area contributed by atoms with Crippen molar-refractivity contribution >= 4 is 40.7 Å². The van der Waals surface area contributed by atoms with Gasteiger partial charge in [0, 0.05) is 45.4 Å². The summed E-state index contributed by atoms with van der Waals surface area (Å²) >= 11 is 8.26. The zero-order valence-electron chi connectivity index (χ0n) is 18.6. The lowest BCUT2D eigenvalue weighted by molar-refractivity contribution is -0.127. The molecule has 3 aromatic carbocycles. The number of carbonyl (C=O) groups is 2. The molecule has 0 unspecified atom stereocenters. The van der Waals surface area contributed by atoms with Crippen molar-refractivity contribution in [3.63, 3.8) is 0 Å². The average Bonchev–Trinajstić information content (AvgIpc) is 3.63. The maximum absolute atomic E-state index is 14.5. The van der Waals surface area contributed by atoms with Crippen LogP contribution in [0, 0.1) is 5.92 Å². The molecule has 1 N–H and O–H groups in total.